The van der Waals surface area contributed by atoms with Crippen molar-refractivity contribution in [2.24, 2.45) is 0 Å². The zero-order valence-electron chi connectivity index (χ0n) is 10.8. The van der Waals surface area contributed by atoms with E-state index in [1.165, 1.54) is 0 Å². The summed E-state index contributed by atoms with van der Waals surface area (Å²) < 4.78 is 0.254. The fraction of sp³-hybridized carbons (Fsp3) is 0.500. The highest BCUT2D eigenvalue weighted by atomic mass is 32.2. The molecule has 4 heteroatoms. The summed E-state index contributed by atoms with van der Waals surface area (Å²) in [5.74, 6) is 1.24. The van der Waals surface area contributed by atoms with Gasteiger partial charge in [0.15, 0.2) is 0 Å². The van der Waals surface area contributed by atoms with Gasteiger partial charge >= 0.3 is 0 Å². The normalized spacial score (nSPS) is 19.3. The summed E-state index contributed by atoms with van der Waals surface area (Å²) in [6.45, 7) is 6.06. The smallest absolute Gasteiger partial charge is 0.253 e. The largest absolute Gasteiger partial charge is 0.508 e. The summed E-state index contributed by atoms with van der Waals surface area (Å²) in [6, 6.07) is 6.48. The number of benzene rings is 1. The van der Waals surface area contributed by atoms with Crippen LogP contribution >= 0.6 is 11.8 Å². The Balaban J connectivity index is 2.07. The summed E-state index contributed by atoms with van der Waals surface area (Å²) in [5, 5.41) is 9.23. The molecule has 2 rings (SSSR count). The van der Waals surface area contributed by atoms with Crippen molar-refractivity contribution >= 4 is 17.7 Å². The highest BCUT2D eigenvalue weighted by molar-refractivity contribution is 8.00. The summed E-state index contributed by atoms with van der Waals surface area (Å²) in [6.07, 6.45) is 1.02. The van der Waals surface area contributed by atoms with Gasteiger partial charge in [0.25, 0.3) is 5.91 Å². The lowest BCUT2D eigenvalue weighted by molar-refractivity contribution is 0.0764. The molecule has 1 aliphatic heterocycles. The Morgan fingerprint density at radius 3 is 2.61 bits per heavy atom. The van der Waals surface area contributed by atoms with Gasteiger partial charge < -0.3 is 10.0 Å². The molecule has 1 aliphatic rings. The second kappa shape index (κ2) is 5.22. The minimum Gasteiger partial charge on any atom is -0.508 e. The third kappa shape index (κ3) is 3.19. The number of rotatable bonds is 1. The standard InChI is InChI=1S/C14H19NO2S/c1-14(2)7-8-15(9-10-18-14)13(17)11-3-5-12(16)6-4-11/h3-6,16H,7-10H2,1-2H3. The maximum Gasteiger partial charge on any atom is 0.253 e. The second-order valence-electron chi connectivity index (χ2n) is 5.20. The van der Waals surface area contributed by atoms with Crippen LogP contribution in [-0.4, -0.2) is 39.5 Å². The van der Waals surface area contributed by atoms with Crippen LogP contribution in [0.1, 0.15) is 30.6 Å². The molecular weight excluding hydrogens is 246 g/mol. The van der Waals surface area contributed by atoms with Crippen LogP contribution in [0.4, 0.5) is 0 Å². The van der Waals surface area contributed by atoms with E-state index in [0.717, 1.165) is 25.3 Å². The maximum atomic E-state index is 12.3. The van der Waals surface area contributed by atoms with E-state index >= 15 is 0 Å². The van der Waals surface area contributed by atoms with Gasteiger partial charge in [0.05, 0.1) is 0 Å². The molecule has 0 aromatic heterocycles. The fourth-order valence-corrected chi connectivity index (χ4v) is 3.11. The van der Waals surface area contributed by atoms with E-state index in [0.29, 0.717) is 5.56 Å². The molecule has 1 fully saturated rings. The number of phenolic OH excluding ortho intramolecular Hbond substituents is 1. The molecule has 0 spiro atoms. The Kier molecular flexibility index (Phi) is 3.85. The Bertz CT molecular complexity index is 428. The lowest BCUT2D eigenvalue weighted by Gasteiger charge is -2.22. The van der Waals surface area contributed by atoms with Gasteiger partial charge in [-0.15, -0.1) is 0 Å². The average Bonchev–Trinajstić information content (AvgIpc) is 2.50. The van der Waals surface area contributed by atoms with Crippen molar-refractivity contribution in [1.29, 1.82) is 0 Å². The highest BCUT2D eigenvalue weighted by Crippen LogP contribution is 2.31. The van der Waals surface area contributed by atoms with E-state index in [2.05, 4.69) is 13.8 Å². The lowest BCUT2D eigenvalue weighted by Crippen LogP contribution is -2.33. The number of hydrogen-bond acceptors (Lipinski definition) is 3. The molecule has 1 aromatic rings. The molecule has 0 unspecified atom stereocenters. The summed E-state index contributed by atoms with van der Waals surface area (Å²) in [7, 11) is 0. The molecule has 0 saturated carbocycles. The number of carbonyl (C=O) groups is 1. The molecule has 1 aromatic carbocycles. The van der Waals surface area contributed by atoms with Crippen molar-refractivity contribution in [3.05, 3.63) is 29.8 Å². The first-order chi connectivity index (χ1) is 8.48. The van der Waals surface area contributed by atoms with E-state index in [4.69, 9.17) is 0 Å². The van der Waals surface area contributed by atoms with Crippen LogP contribution in [-0.2, 0) is 0 Å². The summed E-state index contributed by atoms with van der Waals surface area (Å²) in [4.78, 5) is 14.2. The summed E-state index contributed by atoms with van der Waals surface area (Å²) >= 11 is 1.93. The van der Waals surface area contributed by atoms with Crippen molar-refractivity contribution in [1.82, 2.24) is 4.90 Å². The quantitative estimate of drug-likeness (QED) is 0.849. The van der Waals surface area contributed by atoms with E-state index in [-0.39, 0.29) is 16.4 Å². The van der Waals surface area contributed by atoms with Crippen molar-refractivity contribution in [3.63, 3.8) is 0 Å². The summed E-state index contributed by atoms with van der Waals surface area (Å²) in [5.41, 5.74) is 0.650. The number of thioether (sulfide) groups is 1. The molecule has 0 aliphatic carbocycles. The number of aromatic hydroxyl groups is 1. The van der Waals surface area contributed by atoms with Gasteiger partial charge in [0.1, 0.15) is 5.75 Å². The van der Waals surface area contributed by atoms with E-state index in [1.807, 2.05) is 16.7 Å². The van der Waals surface area contributed by atoms with Crippen LogP contribution in [0.15, 0.2) is 24.3 Å². The number of amides is 1. The topological polar surface area (TPSA) is 40.5 Å². The van der Waals surface area contributed by atoms with Crippen molar-refractivity contribution in [3.8, 4) is 5.75 Å². The van der Waals surface area contributed by atoms with Crippen LogP contribution in [0.5, 0.6) is 5.75 Å². The third-order valence-electron chi connectivity index (χ3n) is 3.24. The van der Waals surface area contributed by atoms with Crippen molar-refractivity contribution < 1.29 is 9.90 Å². The predicted octanol–water partition coefficient (Wildman–Crippen LogP) is 2.75. The van der Waals surface area contributed by atoms with Gasteiger partial charge in [0, 0.05) is 29.2 Å². The maximum absolute atomic E-state index is 12.3. The van der Waals surface area contributed by atoms with Gasteiger partial charge in [-0.25, -0.2) is 0 Å². The Hall–Kier alpha value is -1.16. The Morgan fingerprint density at radius 2 is 1.94 bits per heavy atom. The minimum absolute atomic E-state index is 0.0632. The third-order valence-corrected chi connectivity index (χ3v) is 4.61. The molecular formula is C14H19NO2S. The zero-order chi connectivity index (χ0) is 13.2. The van der Waals surface area contributed by atoms with Crippen LogP contribution in [0.2, 0.25) is 0 Å². The number of hydrogen-bond donors (Lipinski definition) is 1. The fourth-order valence-electron chi connectivity index (χ4n) is 2.01. The van der Waals surface area contributed by atoms with Gasteiger partial charge in [-0.2, -0.15) is 11.8 Å². The molecule has 3 nitrogen and oxygen atoms in total. The van der Waals surface area contributed by atoms with E-state index < -0.39 is 0 Å². The predicted molar refractivity (Wildman–Crippen MR) is 75.2 cm³/mol. The molecule has 0 atom stereocenters. The van der Waals surface area contributed by atoms with Gasteiger partial charge in [-0.1, -0.05) is 13.8 Å². The highest BCUT2D eigenvalue weighted by Gasteiger charge is 2.26. The second-order valence-corrected chi connectivity index (χ2v) is 7.00. The molecule has 0 bridgehead atoms. The lowest BCUT2D eigenvalue weighted by atomic mass is 10.1. The van der Waals surface area contributed by atoms with Crippen molar-refractivity contribution in [2.45, 2.75) is 25.0 Å². The first-order valence-corrected chi connectivity index (χ1v) is 7.19. The molecule has 1 amide bonds. The molecule has 1 saturated heterocycles. The van der Waals surface area contributed by atoms with Crippen molar-refractivity contribution in [2.75, 3.05) is 18.8 Å². The number of phenols is 1. The Morgan fingerprint density at radius 1 is 1.28 bits per heavy atom. The van der Waals surface area contributed by atoms with Crippen LogP contribution in [0.3, 0.4) is 0 Å². The van der Waals surface area contributed by atoms with E-state index in [1.54, 1.807) is 24.3 Å². The van der Waals surface area contributed by atoms with Crippen LogP contribution in [0, 0.1) is 0 Å². The zero-order valence-corrected chi connectivity index (χ0v) is 11.7. The molecule has 98 valence electrons. The number of nitrogens with zero attached hydrogens (tertiary/aromatic N) is 1. The SMILES string of the molecule is CC1(C)CCN(C(=O)c2ccc(O)cc2)CCS1. The Labute approximate surface area is 112 Å². The number of carbonyl (C=O) groups excluding carboxylic acids is 1. The minimum atomic E-state index is 0.0632. The van der Waals surface area contributed by atoms with Gasteiger partial charge in [-0.3, -0.25) is 4.79 Å². The molecule has 0 radical (unpaired) electrons. The van der Waals surface area contributed by atoms with Crippen LogP contribution in [0.25, 0.3) is 0 Å². The molecule has 1 heterocycles. The van der Waals surface area contributed by atoms with E-state index in [9.17, 15) is 9.90 Å². The molecule has 1 N–H and O–H groups in total. The van der Waals surface area contributed by atoms with Gasteiger partial charge in [-0.05, 0) is 30.7 Å². The monoisotopic (exact) mass is 265 g/mol. The van der Waals surface area contributed by atoms with Gasteiger partial charge in [0.2, 0.25) is 0 Å². The molecule has 18 heavy (non-hydrogen) atoms. The average molecular weight is 265 g/mol. The van der Waals surface area contributed by atoms with Crippen LogP contribution < -0.4 is 0 Å². The first kappa shape index (κ1) is 13.3. The first-order valence-electron chi connectivity index (χ1n) is 6.20.